The van der Waals surface area contributed by atoms with Crippen LogP contribution in [0.4, 0.5) is 10.1 Å². The first-order valence-electron chi connectivity index (χ1n) is 10.3. The van der Waals surface area contributed by atoms with Crippen molar-refractivity contribution >= 4 is 21.7 Å². The summed E-state index contributed by atoms with van der Waals surface area (Å²) in [5.41, 5.74) is 0.980. The van der Waals surface area contributed by atoms with Gasteiger partial charge in [-0.05, 0) is 66.7 Å². The topological polar surface area (TPSA) is 76.1 Å². The maximum absolute atomic E-state index is 13.2. The molecule has 172 valence electrons. The number of hydrogen-bond acceptors (Lipinski definition) is 6. The number of esters is 1. The number of piperazine rings is 1. The van der Waals surface area contributed by atoms with Crippen molar-refractivity contribution in [1.29, 1.82) is 0 Å². The summed E-state index contributed by atoms with van der Waals surface area (Å²) < 4.78 is 51.3. The van der Waals surface area contributed by atoms with Crippen LogP contribution in [-0.4, -0.2) is 52.0 Å². The van der Waals surface area contributed by atoms with Gasteiger partial charge in [-0.2, -0.15) is 4.31 Å². The third-order valence-corrected chi connectivity index (χ3v) is 7.30. The van der Waals surface area contributed by atoms with E-state index in [1.807, 2.05) is 4.90 Å². The number of carbonyl (C=O) groups is 1. The third kappa shape index (κ3) is 5.15. The normalized spacial score (nSPS) is 14.7. The van der Waals surface area contributed by atoms with E-state index in [-0.39, 0.29) is 29.4 Å². The molecular formula is C24H23FN2O5S. The first kappa shape index (κ1) is 22.8. The number of benzene rings is 3. The van der Waals surface area contributed by atoms with Crippen LogP contribution < -0.4 is 14.4 Å². The van der Waals surface area contributed by atoms with E-state index < -0.39 is 16.0 Å². The maximum atomic E-state index is 13.2. The lowest BCUT2D eigenvalue weighted by Crippen LogP contribution is -2.48. The van der Waals surface area contributed by atoms with E-state index in [9.17, 15) is 17.6 Å². The van der Waals surface area contributed by atoms with Crippen LogP contribution in [-0.2, 0) is 10.0 Å². The van der Waals surface area contributed by atoms with Crippen LogP contribution in [0.15, 0.2) is 77.7 Å². The van der Waals surface area contributed by atoms with Gasteiger partial charge in [0.25, 0.3) is 0 Å². The molecule has 0 amide bonds. The lowest BCUT2D eigenvalue weighted by atomic mass is 10.2. The molecule has 1 fully saturated rings. The number of ether oxygens (including phenoxy) is 2. The monoisotopic (exact) mass is 470 g/mol. The van der Waals surface area contributed by atoms with Crippen LogP contribution in [0, 0.1) is 5.82 Å². The smallest absolute Gasteiger partial charge is 0.343 e. The van der Waals surface area contributed by atoms with E-state index in [0.717, 1.165) is 5.69 Å². The molecule has 1 saturated heterocycles. The Labute approximate surface area is 192 Å². The van der Waals surface area contributed by atoms with E-state index in [0.29, 0.717) is 24.6 Å². The van der Waals surface area contributed by atoms with E-state index in [2.05, 4.69) is 0 Å². The molecule has 0 radical (unpaired) electrons. The van der Waals surface area contributed by atoms with Gasteiger partial charge in [0.15, 0.2) is 0 Å². The van der Waals surface area contributed by atoms with Gasteiger partial charge < -0.3 is 14.4 Å². The fraction of sp³-hybridized carbons (Fsp3) is 0.208. The summed E-state index contributed by atoms with van der Waals surface area (Å²) in [5, 5.41) is 0. The van der Waals surface area contributed by atoms with Gasteiger partial charge in [-0.3, -0.25) is 0 Å². The molecule has 1 heterocycles. The van der Waals surface area contributed by atoms with Crippen molar-refractivity contribution in [2.24, 2.45) is 0 Å². The summed E-state index contributed by atoms with van der Waals surface area (Å²) in [6.45, 7) is 1.51. The van der Waals surface area contributed by atoms with Crippen molar-refractivity contribution in [3.63, 3.8) is 0 Å². The highest BCUT2D eigenvalue weighted by Gasteiger charge is 2.29. The highest BCUT2D eigenvalue weighted by Crippen LogP contribution is 2.23. The Hall–Kier alpha value is -3.43. The van der Waals surface area contributed by atoms with Crippen molar-refractivity contribution < 1.29 is 27.1 Å². The zero-order chi connectivity index (χ0) is 23.4. The molecule has 0 bridgehead atoms. The summed E-state index contributed by atoms with van der Waals surface area (Å²) >= 11 is 0. The molecule has 0 N–H and O–H groups in total. The molecule has 1 aliphatic rings. The van der Waals surface area contributed by atoms with Gasteiger partial charge in [0.1, 0.15) is 17.3 Å². The summed E-state index contributed by atoms with van der Waals surface area (Å²) in [7, 11) is -2.25. The van der Waals surface area contributed by atoms with Crippen molar-refractivity contribution in [3.05, 3.63) is 84.2 Å². The molecule has 3 aromatic carbocycles. The predicted octanol–water partition coefficient (Wildman–Crippen LogP) is 3.56. The molecular weight excluding hydrogens is 447 g/mol. The first-order valence-corrected chi connectivity index (χ1v) is 11.8. The quantitative estimate of drug-likeness (QED) is 0.405. The van der Waals surface area contributed by atoms with E-state index in [4.69, 9.17) is 9.47 Å². The molecule has 7 nitrogen and oxygen atoms in total. The number of halogens is 1. The molecule has 0 spiro atoms. The van der Waals surface area contributed by atoms with Crippen molar-refractivity contribution in [2.75, 3.05) is 38.2 Å². The summed E-state index contributed by atoms with van der Waals surface area (Å²) in [5.74, 6) is -0.0166. The summed E-state index contributed by atoms with van der Waals surface area (Å²) in [6.07, 6.45) is 0. The zero-order valence-corrected chi connectivity index (χ0v) is 18.8. The second-order valence-electron chi connectivity index (χ2n) is 7.46. The number of sulfonamides is 1. The number of rotatable bonds is 6. The van der Waals surface area contributed by atoms with Crippen LogP contribution in [0.1, 0.15) is 10.4 Å². The molecule has 4 rings (SSSR count). The molecule has 0 atom stereocenters. The van der Waals surface area contributed by atoms with Crippen LogP contribution in [0.2, 0.25) is 0 Å². The number of anilines is 1. The minimum Gasteiger partial charge on any atom is -0.497 e. The molecule has 1 aliphatic heterocycles. The maximum Gasteiger partial charge on any atom is 0.343 e. The standard InChI is InChI=1S/C24H23FN2O5S/c1-31-21-9-11-22(12-10-21)32-24(28)18-3-2-4-23(17-18)33(29,30)27-15-13-26(14-16-27)20-7-5-19(25)6-8-20/h2-12,17H,13-16H2,1H3. The summed E-state index contributed by atoms with van der Waals surface area (Å²) in [4.78, 5) is 14.6. The average molecular weight is 471 g/mol. The molecule has 0 unspecified atom stereocenters. The number of hydrogen-bond donors (Lipinski definition) is 0. The van der Waals surface area contributed by atoms with Gasteiger partial charge in [0.2, 0.25) is 10.0 Å². The SMILES string of the molecule is COc1ccc(OC(=O)c2cccc(S(=O)(=O)N3CCN(c4ccc(F)cc4)CC3)c2)cc1. The van der Waals surface area contributed by atoms with Gasteiger partial charge in [-0.15, -0.1) is 0 Å². The fourth-order valence-electron chi connectivity index (χ4n) is 3.58. The second-order valence-corrected chi connectivity index (χ2v) is 9.40. The average Bonchev–Trinajstić information content (AvgIpc) is 2.85. The Kier molecular flexibility index (Phi) is 6.62. The Morgan fingerprint density at radius 2 is 1.52 bits per heavy atom. The minimum absolute atomic E-state index is 0.0295. The van der Waals surface area contributed by atoms with Gasteiger partial charge in [0.05, 0.1) is 17.6 Å². The zero-order valence-electron chi connectivity index (χ0n) is 18.0. The molecule has 9 heteroatoms. The lowest BCUT2D eigenvalue weighted by Gasteiger charge is -2.35. The van der Waals surface area contributed by atoms with Crippen LogP contribution >= 0.6 is 0 Å². The van der Waals surface area contributed by atoms with Crippen LogP contribution in [0.5, 0.6) is 11.5 Å². The minimum atomic E-state index is -3.79. The van der Waals surface area contributed by atoms with Crippen molar-refractivity contribution in [3.8, 4) is 11.5 Å². The Balaban J connectivity index is 1.44. The van der Waals surface area contributed by atoms with E-state index in [1.165, 1.54) is 47.8 Å². The van der Waals surface area contributed by atoms with Gasteiger partial charge >= 0.3 is 5.97 Å². The third-order valence-electron chi connectivity index (χ3n) is 5.41. The molecule has 0 aromatic heterocycles. The van der Waals surface area contributed by atoms with Gasteiger partial charge in [-0.25, -0.2) is 17.6 Å². The summed E-state index contributed by atoms with van der Waals surface area (Å²) in [6, 6.07) is 18.5. The van der Waals surface area contributed by atoms with Crippen molar-refractivity contribution in [2.45, 2.75) is 4.90 Å². The van der Waals surface area contributed by atoms with Crippen molar-refractivity contribution in [1.82, 2.24) is 4.31 Å². The Bertz CT molecular complexity index is 1220. The van der Waals surface area contributed by atoms with Crippen LogP contribution in [0.25, 0.3) is 0 Å². The largest absolute Gasteiger partial charge is 0.497 e. The first-order chi connectivity index (χ1) is 15.9. The van der Waals surface area contributed by atoms with E-state index >= 15 is 0 Å². The molecule has 0 aliphatic carbocycles. The number of nitrogens with zero attached hydrogens (tertiary/aromatic N) is 2. The fourth-order valence-corrected chi connectivity index (χ4v) is 5.05. The Morgan fingerprint density at radius 1 is 0.879 bits per heavy atom. The number of carbonyl (C=O) groups excluding carboxylic acids is 1. The van der Waals surface area contributed by atoms with Gasteiger partial charge in [0, 0.05) is 31.9 Å². The predicted molar refractivity (Wildman–Crippen MR) is 122 cm³/mol. The van der Waals surface area contributed by atoms with Gasteiger partial charge in [-0.1, -0.05) is 6.07 Å². The molecule has 0 saturated carbocycles. The Morgan fingerprint density at radius 3 is 2.15 bits per heavy atom. The van der Waals surface area contributed by atoms with E-state index in [1.54, 1.807) is 36.4 Å². The molecule has 3 aromatic rings. The highest BCUT2D eigenvalue weighted by atomic mass is 32.2. The molecule has 33 heavy (non-hydrogen) atoms. The lowest BCUT2D eigenvalue weighted by molar-refractivity contribution is 0.0734. The number of methoxy groups -OCH3 is 1. The highest BCUT2D eigenvalue weighted by molar-refractivity contribution is 7.89. The second kappa shape index (κ2) is 9.60. The van der Waals surface area contributed by atoms with Crippen LogP contribution in [0.3, 0.4) is 0 Å².